The minimum absolute atomic E-state index is 0.213. The summed E-state index contributed by atoms with van der Waals surface area (Å²) < 4.78 is 0. The number of hydrogen-bond acceptors (Lipinski definition) is 3. The fourth-order valence-corrected chi connectivity index (χ4v) is 4.67. The number of benzene rings is 1. The van der Waals surface area contributed by atoms with Gasteiger partial charge in [-0.2, -0.15) is 11.8 Å². The summed E-state index contributed by atoms with van der Waals surface area (Å²) in [6.07, 6.45) is 7.46. The summed E-state index contributed by atoms with van der Waals surface area (Å²) in [6, 6.07) is 10.5. The Bertz CT molecular complexity index is 622. The molecular weight excluding hydrogens is 344 g/mol. The standard InChI is InChI=1S/C21H30N2O2S/c1-26-16-10-19(24)23-15-12-21(17-23)11-6-14-22(20(21)25)13-5-9-18-7-3-2-4-8-18/h2-4,7-8H,5-6,9-17H2,1H3/t21-/m1/s1. The number of hydrogen-bond donors (Lipinski definition) is 0. The molecule has 0 unspecified atom stereocenters. The average Bonchev–Trinajstić information content (AvgIpc) is 3.09. The summed E-state index contributed by atoms with van der Waals surface area (Å²) >= 11 is 1.70. The third-order valence-electron chi connectivity index (χ3n) is 5.79. The van der Waals surface area contributed by atoms with Crippen molar-refractivity contribution in [1.82, 2.24) is 9.80 Å². The molecule has 0 N–H and O–H groups in total. The van der Waals surface area contributed by atoms with Gasteiger partial charge in [-0.3, -0.25) is 9.59 Å². The number of amides is 2. The van der Waals surface area contributed by atoms with E-state index in [1.54, 1.807) is 11.8 Å². The zero-order valence-corrected chi connectivity index (χ0v) is 16.6. The van der Waals surface area contributed by atoms with Gasteiger partial charge in [-0.05, 0) is 43.9 Å². The number of thioether (sulfide) groups is 1. The maximum atomic E-state index is 13.2. The molecule has 1 spiro atoms. The highest BCUT2D eigenvalue weighted by molar-refractivity contribution is 7.98. The van der Waals surface area contributed by atoms with E-state index in [-0.39, 0.29) is 17.2 Å². The Morgan fingerprint density at radius 1 is 1.19 bits per heavy atom. The number of aryl methyl sites for hydroxylation is 1. The van der Waals surface area contributed by atoms with Crippen molar-refractivity contribution in [1.29, 1.82) is 0 Å². The Kier molecular flexibility index (Phi) is 6.63. The highest BCUT2D eigenvalue weighted by atomic mass is 32.2. The largest absolute Gasteiger partial charge is 0.342 e. The molecule has 2 aliphatic heterocycles. The average molecular weight is 375 g/mol. The zero-order chi connectivity index (χ0) is 18.4. The Hall–Kier alpha value is -1.49. The van der Waals surface area contributed by atoms with Gasteiger partial charge in [0.1, 0.15) is 0 Å². The first kappa shape index (κ1) is 19.3. The van der Waals surface area contributed by atoms with E-state index in [2.05, 4.69) is 29.2 Å². The van der Waals surface area contributed by atoms with Crippen LogP contribution in [0.2, 0.25) is 0 Å². The second-order valence-corrected chi connectivity index (χ2v) is 8.56. The van der Waals surface area contributed by atoms with E-state index < -0.39 is 0 Å². The molecule has 2 heterocycles. The molecule has 2 amide bonds. The molecular formula is C21H30N2O2S. The van der Waals surface area contributed by atoms with E-state index in [0.717, 1.165) is 57.5 Å². The molecule has 3 rings (SSSR count). The van der Waals surface area contributed by atoms with Crippen LogP contribution in [0.15, 0.2) is 30.3 Å². The van der Waals surface area contributed by atoms with E-state index in [9.17, 15) is 9.59 Å². The monoisotopic (exact) mass is 374 g/mol. The van der Waals surface area contributed by atoms with Crippen molar-refractivity contribution in [2.24, 2.45) is 5.41 Å². The minimum atomic E-state index is -0.306. The first-order valence-electron chi connectivity index (χ1n) is 9.75. The zero-order valence-electron chi connectivity index (χ0n) is 15.8. The minimum Gasteiger partial charge on any atom is -0.342 e. The van der Waals surface area contributed by atoms with Gasteiger partial charge in [0, 0.05) is 38.4 Å². The maximum absolute atomic E-state index is 13.2. The fourth-order valence-electron chi connectivity index (χ4n) is 4.30. The molecule has 1 aromatic carbocycles. The summed E-state index contributed by atoms with van der Waals surface area (Å²) in [5.41, 5.74) is 1.03. The smallest absolute Gasteiger partial charge is 0.230 e. The van der Waals surface area contributed by atoms with Crippen LogP contribution in [0, 0.1) is 5.41 Å². The maximum Gasteiger partial charge on any atom is 0.230 e. The molecule has 1 atom stereocenters. The second kappa shape index (κ2) is 8.94. The van der Waals surface area contributed by atoms with Crippen molar-refractivity contribution in [3.8, 4) is 0 Å². The van der Waals surface area contributed by atoms with Crippen LogP contribution in [-0.4, -0.2) is 59.8 Å². The van der Waals surface area contributed by atoms with Crippen molar-refractivity contribution in [2.75, 3.05) is 38.2 Å². The van der Waals surface area contributed by atoms with Crippen molar-refractivity contribution in [3.63, 3.8) is 0 Å². The lowest BCUT2D eigenvalue weighted by molar-refractivity contribution is -0.146. The van der Waals surface area contributed by atoms with Gasteiger partial charge in [0.05, 0.1) is 5.41 Å². The van der Waals surface area contributed by atoms with E-state index in [1.807, 2.05) is 17.2 Å². The van der Waals surface area contributed by atoms with Gasteiger partial charge >= 0.3 is 0 Å². The van der Waals surface area contributed by atoms with Crippen molar-refractivity contribution >= 4 is 23.6 Å². The van der Waals surface area contributed by atoms with Gasteiger partial charge in [0.2, 0.25) is 11.8 Å². The van der Waals surface area contributed by atoms with Crippen LogP contribution in [0.3, 0.4) is 0 Å². The predicted octanol–water partition coefficient (Wildman–Crippen LogP) is 3.21. The Morgan fingerprint density at radius 2 is 2.00 bits per heavy atom. The van der Waals surface area contributed by atoms with E-state index in [4.69, 9.17) is 0 Å². The van der Waals surface area contributed by atoms with Gasteiger partial charge in [0.15, 0.2) is 0 Å². The molecule has 5 heteroatoms. The Morgan fingerprint density at radius 3 is 2.77 bits per heavy atom. The molecule has 1 aromatic rings. The van der Waals surface area contributed by atoms with Gasteiger partial charge in [-0.15, -0.1) is 0 Å². The number of carbonyl (C=O) groups excluding carboxylic acids is 2. The molecule has 0 radical (unpaired) electrons. The van der Waals surface area contributed by atoms with Crippen LogP contribution in [0.25, 0.3) is 0 Å². The summed E-state index contributed by atoms with van der Waals surface area (Å²) in [4.78, 5) is 29.5. The SMILES string of the molecule is CSCCC(=O)N1CC[C@]2(CCCN(CCCc3ccccc3)C2=O)C1. The summed E-state index contributed by atoms with van der Waals surface area (Å²) in [5.74, 6) is 1.37. The van der Waals surface area contributed by atoms with Gasteiger partial charge in [0.25, 0.3) is 0 Å². The Labute approximate surface area is 161 Å². The number of carbonyl (C=O) groups is 2. The molecule has 142 valence electrons. The summed E-state index contributed by atoms with van der Waals surface area (Å²) in [5, 5.41) is 0. The third kappa shape index (κ3) is 4.43. The first-order valence-corrected chi connectivity index (χ1v) is 11.1. The van der Waals surface area contributed by atoms with Crippen LogP contribution >= 0.6 is 11.8 Å². The second-order valence-electron chi connectivity index (χ2n) is 7.57. The number of nitrogens with zero attached hydrogens (tertiary/aromatic N) is 2. The lowest BCUT2D eigenvalue weighted by Gasteiger charge is -2.39. The molecule has 0 aliphatic carbocycles. The Balaban J connectivity index is 1.53. The fraction of sp³-hybridized carbons (Fsp3) is 0.619. The number of piperidine rings is 1. The van der Waals surface area contributed by atoms with Crippen molar-refractivity contribution in [3.05, 3.63) is 35.9 Å². The van der Waals surface area contributed by atoms with E-state index in [1.165, 1.54) is 5.56 Å². The van der Waals surface area contributed by atoms with Crippen LogP contribution in [0.5, 0.6) is 0 Å². The lowest BCUT2D eigenvalue weighted by Crippen LogP contribution is -2.50. The van der Waals surface area contributed by atoms with Crippen LogP contribution < -0.4 is 0 Å². The van der Waals surface area contributed by atoms with Crippen LogP contribution in [-0.2, 0) is 16.0 Å². The van der Waals surface area contributed by atoms with E-state index in [0.29, 0.717) is 13.0 Å². The van der Waals surface area contributed by atoms with Gasteiger partial charge < -0.3 is 9.80 Å². The van der Waals surface area contributed by atoms with Crippen molar-refractivity contribution < 1.29 is 9.59 Å². The molecule has 0 saturated carbocycles. The van der Waals surface area contributed by atoms with E-state index >= 15 is 0 Å². The summed E-state index contributed by atoms with van der Waals surface area (Å²) in [7, 11) is 0. The molecule has 4 nitrogen and oxygen atoms in total. The molecule has 2 fully saturated rings. The van der Waals surface area contributed by atoms with Crippen molar-refractivity contribution in [2.45, 2.75) is 38.5 Å². The third-order valence-corrected chi connectivity index (χ3v) is 6.40. The van der Waals surface area contributed by atoms with Crippen LogP contribution in [0.4, 0.5) is 0 Å². The summed E-state index contributed by atoms with van der Waals surface area (Å²) in [6.45, 7) is 3.08. The molecule has 0 bridgehead atoms. The van der Waals surface area contributed by atoms with Crippen LogP contribution in [0.1, 0.15) is 37.7 Å². The molecule has 2 saturated heterocycles. The lowest BCUT2D eigenvalue weighted by atomic mass is 9.78. The quantitative estimate of drug-likeness (QED) is 0.736. The topological polar surface area (TPSA) is 40.6 Å². The number of likely N-dealkylation sites (tertiary alicyclic amines) is 2. The normalized spacial score (nSPS) is 23.0. The molecule has 26 heavy (non-hydrogen) atoms. The first-order chi connectivity index (χ1) is 12.6. The molecule has 0 aromatic heterocycles. The highest BCUT2D eigenvalue weighted by Gasteiger charge is 2.48. The molecule has 2 aliphatic rings. The number of rotatable bonds is 7. The van der Waals surface area contributed by atoms with Gasteiger partial charge in [-0.1, -0.05) is 30.3 Å². The van der Waals surface area contributed by atoms with Gasteiger partial charge in [-0.25, -0.2) is 0 Å². The highest BCUT2D eigenvalue weighted by Crippen LogP contribution is 2.40. The predicted molar refractivity (Wildman–Crippen MR) is 107 cm³/mol.